The lowest BCUT2D eigenvalue weighted by atomic mass is 10.4. The van der Waals surface area contributed by atoms with Gasteiger partial charge in [-0.05, 0) is 13.0 Å². The van der Waals surface area contributed by atoms with Crippen LogP contribution in [0.3, 0.4) is 0 Å². The zero-order chi connectivity index (χ0) is 8.97. The van der Waals surface area contributed by atoms with Gasteiger partial charge in [0, 0.05) is 12.6 Å². The van der Waals surface area contributed by atoms with Crippen LogP contribution in [0.2, 0.25) is 0 Å². The number of rotatable bonds is 4. The summed E-state index contributed by atoms with van der Waals surface area (Å²) in [6, 6.07) is 3.52. The predicted octanol–water partition coefficient (Wildman–Crippen LogP) is 0.332. The standard InChI is InChI=1S/C8H14N2O2/c1-6(11)4-10-5-7-2-3-8(9)12-7/h2-3,6,10-11H,4-5,9H2,1H3. The highest BCUT2D eigenvalue weighted by Crippen LogP contribution is 2.07. The van der Waals surface area contributed by atoms with Crippen molar-refractivity contribution in [2.24, 2.45) is 0 Å². The van der Waals surface area contributed by atoms with E-state index in [0.29, 0.717) is 19.0 Å². The summed E-state index contributed by atoms with van der Waals surface area (Å²) in [5.74, 6) is 1.21. The first-order valence-corrected chi connectivity index (χ1v) is 3.91. The molecule has 12 heavy (non-hydrogen) atoms. The van der Waals surface area contributed by atoms with Gasteiger partial charge < -0.3 is 20.6 Å². The Morgan fingerprint density at radius 1 is 1.67 bits per heavy atom. The molecule has 1 rings (SSSR count). The Balaban J connectivity index is 2.24. The number of furan rings is 1. The van der Waals surface area contributed by atoms with Gasteiger partial charge in [-0.25, -0.2) is 0 Å². The summed E-state index contributed by atoms with van der Waals surface area (Å²) in [5, 5.41) is 11.9. The third-order valence-corrected chi connectivity index (χ3v) is 1.42. The van der Waals surface area contributed by atoms with Gasteiger partial charge in [-0.2, -0.15) is 0 Å². The molecule has 0 amide bonds. The Morgan fingerprint density at radius 2 is 2.42 bits per heavy atom. The summed E-state index contributed by atoms with van der Waals surface area (Å²) in [6.45, 7) is 2.88. The van der Waals surface area contributed by atoms with Gasteiger partial charge in [-0.15, -0.1) is 0 Å². The van der Waals surface area contributed by atoms with E-state index in [-0.39, 0.29) is 6.10 Å². The minimum absolute atomic E-state index is 0.336. The number of nitrogen functional groups attached to an aromatic ring is 1. The van der Waals surface area contributed by atoms with Gasteiger partial charge in [0.25, 0.3) is 0 Å². The molecular weight excluding hydrogens is 156 g/mol. The van der Waals surface area contributed by atoms with E-state index in [1.165, 1.54) is 0 Å². The van der Waals surface area contributed by atoms with Crippen molar-refractivity contribution in [2.45, 2.75) is 19.6 Å². The number of aliphatic hydroxyl groups excluding tert-OH is 1. The Kier molecular flexibility index (Phi) is 3.13. The molecule has 4 N–H and O–H groups in total. The summed E-state index contributed by atoms with van der Waals surface area (Å²) in [4.78, 5) is 0. The zero-order valence-corrected chi connectivity index (χ0v) is 7.08. The van der Waals surface area contributed by atoms with Crippen molar-refractivity contribution in [2.75, 3.05) is 12.3 Å². The third-order valence-electron chi connectivity index (χ3n) is 1.42. The second kappa shape index (κ2) is 4.13. The summed E-state index contributed by atoms with van der Waals surface area (Å²) in [6.07, 6.45) is -0.336. The van der Waals surface area contributed by atoms with Gasteiger partial charge in [0.15, 0.2) is 5.88 Å². The lowest BCUT2D eigenvalue weighted by molar-refractivity contribution is 0.190. The Bertz CT molecular complexity index is 233. The molecule has 4 heteroatoms. The van der Waals surface area contributed by atoms with Crippen molar-refractivity contribution < 1.29 is 9.52 Å². The van der Waals surface area contributed by atoms with E-state index >= 15 is 0 Å². The van der Waals surface area contributed by atoms with Crippen molar-refractivity contribution in [1.82, 2.24) is 5.32 Å². The lowest BCUT2D eigenvalue weighted by Gasteiger charge is -2.03. The number of nitrogens with two attached hydrogens (primary N) is 1. The largest absolute Gasteiger partial charge is 0.445 e. The van der Waals surface area contributed by atoms with E-state index in [1.807, 2.05) is 6.07 Å². The molecule has 0 radical (unpaired) electrons. The minimum Gasteiger partial charge on any atom is -0.445 e. The monoisotopic (exact) mass is 170 g/mol. The molecule has 1 unspecified atom stereocenters. The molecule has 0 spiro atoms. The second-order valence-corrected chi connectivity index (χ2v) is 2.78. The Hall–Kier alpha value is -1.00. The van der Waals surface area contributed by atoms with Crippen LogP contribution in [0.4, 0.5) is 5.88 Å². The van der Waals surface area contributed by atoms with Crippen molar-refractivity contribution in [3.63, 3.8) is 0 Å². The van der Waals surface area contributed by atoms with Crippen molar-refractivity contribution in [3.05, 3.63) is 17.9 Å². The smallest absolute Gasteiger partial charge is 0.190 e. The Morgan fingerprint density at radius 3 is 2.92 bits per heavy atom. The number of aliphatic hydroxyl groups is 1. The van der Waals surface area contributed by atoms with E-state index in [2.05, 4.69) is 5.32 Å². The number of hydrogen-bond donors (Lipinski definition) is 3. The molecule has 0 bridgehead atoms. The molecule has 0 aromatic carbocycles. The molecule has 0 aliphatic rings. The second-order valence-electron chi connectivity index (χ2n) is 2.78. The average molecular weight is 170 g/mol. The summed E-state index contributed by atoms with van der Waals surface area (Å²) < 4.78 is 5.10. The SMILES string of the molecule is CC(O)CNCc1ccc(N)o1. The maximum absolute atomic E-state index is 8.92. The first-order valence-electron chi connectivity index (χ1n) is 3.91. The molecule has 0 saturated carbocycles. The fourth-order valence-corrected chi connectivity index (χ4v) is 0.894. The number of nitrogens with one attached hydrogen (secondary N) is 1. The van der Waals surface area contributed by atoms with Crippen LogP contribution >= 0.6 is 0 Å². The molecule has 1 atom stereocenters. The first kappa shape index (κ1) is 9.09. The fraction of sp³-hybridized carbons (Fsp3) is 0.500. The van der Waals surface area contributed by atoms with Crippen LogP contribution in [0.1, 0.15) is 12.7 Å². The molecule has 1 aromatic rings. The molecule has 0 saturated heterocycles. The van der Waals surface area contributed by atoms with Crippen molar-refractivity contribution in [3.8, 4) is 0 Å². The lowest BCUT2D eigenvalue weighted by Crippen LogP contribution is -2.23. The van der Waals surface area contributed by atoms with E-state index in [9.17, 15) is 0 Å². The van der Waals surface area contributed by atoms with Gasteiger partial charge in [0.2, 0.25) is 0 Å². The van der Waals surface area contributed by atoms with Crippen LogP contribution in [0, 0.1) is 0 Å². The van der Waals surface area contributed by atoms with Crippen LogP contribution in [0.15, 0.2) is 16.5 Å². The van der Waals surface area contributed by atoms with Crippen LogP contribution < -0.4 is 11.1 Å². The molecule has 1 heterocycles. The van der Waals surface area contributed by atoms with Gasteiger partial charge >= 0.3 is 0 Å². The Labute approximate surface area is 71.4 Å². The number of hydrogen-bond acceptors (Lipinski definition) is 4. The molecule has 68 valence electrons. The maximum Gasteiger partial charge on any atom is 0.190 e. The topological polar surface area (TPSA) is 71.4 Å². The van der Waals surface area contributed by atoms with Crippen LogP contribution in [0.25, 0.3) is 0 Å². The van der Waals surface area contributed by atoms with Gasteiger partial charge in [0.1, 0.15) is 5.76 Å². The molecule has 0 aliphatic heterocycles. The maximum atomic E-state index is 8.92. The van der Waals surface area contributed by atoms with Gasteiger partial charge in [-0.1, -0.05) is 0 Å². The molecular formula is C8H14N2O2. The normalized spacial score (nSPS) is 13.2. The zero-order valence-electron chi connectivity index (χ0n) is 7.08. The summed E-state index contributed by atoms with van der Waals surface area (Å²) >= 11 is 0. The van der Waals surface area contributed by atoms with E-state index in [0.717, 1.165) is 5.76 Å². The van der Waals surface area contributed by atoms with Crippen molar-refractivity contribution >= 4 is 5.88 Å². The van der Waals surface area contributed by atoms with E-state index in [1.54, 1.807) is 13.0 Å². The summed E-state index contributed by atoms with van der Waals surface area (Å²) in [5.41, 5.74) is 5.37. The average Bonchev–Trinajstić information content (AvgIpc) is 2.35. The van der Waals surface area contributed by atoms with E-state index < -0.39 is 0 Å². The predicted molar refractivity (Wildman–Crippen MR) is 46.5 cm³/mol. The first-order chi connectivity index (χ1) is 5.68. The quantitative estimate of drug-likeness (QED) is 0.609. The van der Waals surface area contributed by atoms with Crippen LogP contribution in [-0.2, 0) is 6.54 Å². The number of anilines is 1. The molecule has 4 nitrogen and oxygen atoms in total. The highest BCUT2D eigenvalue weighted by Gasteiger charge is 1.99. The van der Waals surface area contributed by atoms with E-state index in [4.69, 9.17) is 15.3 Å². The minimum atomic E-state index is -0.336. The highest BCUT2D eigenvalue weighted by atomic mass is 16.4. The van der Waals surface area contributed by atoms with Crippen LogP contribution in [0.5, 0.6) is 0 Å². The van der Waals surface area contributed by atoms with Gasteiger partial charge in [-0.3, -0.25) is 0 Å². The third kappa shape index (κ3) is 2.94. The fourth-order valence-electron chi connectivity index (χ4n) is 0.894. The van der Waals surface area contributed by atoms with Crippen LogP contribution in [-0.4, -0.2) is 17.8 Å². The molecule has 0 fully saturated rings. The molecule has 0 aliphatic carbocycles. The van der Waals surface area contributed by atoms with Gasteiger partial charge in [0.05, 0.1) is 12.6 Å². The highest BCUT2D eigenvalue weighted by molar-refractivity contribution is 5.25. The summed E-state index contributed by atoms with van der Waals surface area (Å²) in [7, 11) is 0. The van der Waals surface area contributed by atoms with Crippen molar-refractivity contribution in [1.29, 1.82) is 0 Å². The molecule has 1 aromatic heterocycles.